The van der Waals surface area contributed by atoms with E-state index in [0.29, 0.717) is 30.6 Å². The van der Waals surface area contributed by atoms with Crippen LogP contribution in [-0.4, -0.2) is 49.4 Å². The Morgan fingerprint density at radius 1 is 1.15 bits per heavy atom. The van der Waals surface area contributed by atoms with Gasteiger partial charge in [-0.25, -0.2) is 4.79 Å². The van der Waals surface area contributed by atoms with E-state index >= 15 is 0 Å². The highest BCUT2D eigenvalue weighted by atomic mass is 16.5. The van der Waals surface area contributed by atoms with Gasteiger partial charge in [-0.2, -0.15) is 0 Å². The number of hydrogen-bond acceptors (Lipinski definition) is 6. The van der Waals surface area contributed by atoms with Gasteiger partial charge in [0.1, 0.15) is 11.9 Å². The minimum Gasteiger partial charge on any atom is -0.465 e. The van der Waals surface area contributed by atoms with Crippen LogP contribution < -0.4 is 21.7 Å². The first-order chi connectivity index (χ1) is 16.3. The van der Waals surface area contributed by atoms with Gasteiger partial charge in [-0.05, 0) is 55.5 Å². The summed E-state index contributed by atoms with van der Waals surface area (Å²) >= 11 is 0. The molecule has 1 fully saturated rings. The van der Waals surface area contributed by atoms with Crippen molar-refractivity contribution in [3.63, 3.8) is 0 Å². The average molecular weight is 466 g/mol. The van der Waals surface area contributed by atoms with Crippen molar-refractivity contribution in [3.8, 4) is 0 Å². The zero-order valence-electron chi connectivity index (χ0n) is 19.4. The molecule has 0 spiro atoms. The third-order valence-corrected chi connectivity index (χ3v) is 5.89. The maximum Gasteiger partial charge on any atom is 0.337 e. The number of benzene rings is 2. The number of amidine groups is 1. The molecule has 0 saturated carbocycles. The molecule has 1 aliphatic heterocycles. The SMILES string of the molecule is COC(=O)c1cccc(C[C@@H]2CN[C@@H](C(=O)N[C@@H](C)C(=O)NCc3ccc(C(=N)N)cc3)C2)c1. The molecule has 0 aliphatic carbocycles. The molecular formula is C25H31N5O4. The molecule has 0 aromatic heterocycles. The van der Waals surface area contributed by atoms with Crippen LogP contribution in [0.4, 0.5) is 0 Å². The molecule has 3 rings (SSSR count). The topological polar surface area (TPSA) is 146 Å². The highest BCUT2D eigenvalue weighted by Gasteiger charge is 2.31. The summed E-state index contributed by atoms with van der Waals surface area (Å²) in [5.74, 6) is -0.628. The van der Waals surface area contributed by atoms with E-state index in [4.69, 9.17) is 15.9 Å². The van der Waals surface area contributed by atoms with Crippen LogP contribution in [0.15, 0.2) is 48.5 Å². The van der Waals surface area contributed by atoms with E-state index in [1.165, 1.54) is 7.11 Å². The summed E-state index contributed by atoms with van der Waals surface area (Å²) in [6.07, 6.45) is 1.38. The molecule has 2 amide bonds. The van der Waals surface area contributed by atoms with Gasteiger partial charge in [-0.1, -0.05) is 36.4 Å². The summed E-state index contributed by atoms with van der Waals surface area (Å²) in [4.78, 5) is 36.8. The van der Waals surface area contributed by atoms with Gasteiger partial charge in [0.05, 0.1) is 18.7 Å². The first-order valence-electron chi connectivity index (χ1n) is 11.2. The molecule has 3 atom stereocenters. The predicted molar refractivity (Wildman–Crippen MR) is 128 cm³/mol. The molecule has 0 radical (unpaired) electrons. The number of hydrogen-bond donors (Lipinski definition) is 5. The van der Waals surface area contributed by atoms with Crippen LogP contribution in [0.25, 0.3) is 0 Å². The summed E-state index contributed by atoms with van der Waals surface area (Å²) in [5, 5.41) is 16.2. The van der Waals surface area contributed by atoms with E-state index in [2.05, 4.69) is 16.0 Å². The number of nitrogens with two attached hydrogens (primary N) is 1. The normalized spacial score (nSPS) is 18.1. The number of carbonyl (C=O) groups is 3. The van der Waals surface area contributed by atoms with Crippen LogP contribution in [0.2, 0.25) is 0 Å². The second kappa shape index (κ2) is 11.4. The predicted octanol–water partition coefficient (Wildman–Crippen LogP) is 1.10. The lowest BCUT2D eigenvalue weighted by molar-refractivity contribution is -0.129. The number of esters is 1. The van der Waals surface area contributed by atoms with E-state index in [-0.39, 0.29) is 35.6 Å². The quantitative estimate of drug-likeness (QED) is 0.213. The van der Waals surface area contributed by atoms with Crippen LogP contribution in [0.3, 0.4) is 0 Å². The van der Waals surface area contributed by atoms with Gasteiger partial charge in [0.25, 0.3) is 0 Å². The Morgan fingerprint density at radius 2 is 1.88 bits per heavy atom. The summed E-state index contributed by atoms with van der Waals surface area (Å²) in [7, 11) is 1.35. The van der Waals surface area contributed by atoms with Crippen molar-refractivity contribution in [2.45, 2.75) is 38.4 Å². The van der Waals surface area contributed by atoms with Gasteiger partial charge in [-0.15, -0.1) is 0 Å². The Kier molecular flexibility index (Phi) is 8.37. The molecule has 0 bridgehead atoms. The zero-order chi connectivity index (χ0) is 24.7. The first-order valence-corrected chi connectivity index (χ1v) is 11.2. The Hall–Kier alpha value is -3.72. The lowest BCUT2D eigenvalue weighted by Crippen LogP contribution is -2.49. The Morgan fingerprint density at radius 3 is 2.56 bits per heavy atom. The minimum absolute atomic E-state index is 0.00982. The van der Waals surface area contributed by atoms with Crippen molar-refractivity contribution in [3.05, 3.63) is 70.8 Å². The number of amides is 2. The Balaban J connectivity index is 1.45. The standard InChI is InChI=1S/C25H31N5O4/c1-15(23(31)29-13-16-6-8-19(9-7-16)22(26)27)30-24(32)21-12-18(14-28-21)10-17-4-3-5-20(11-17)25(33)34-2/h3-9,11,15,18,21,28H,10,12-14H2,1-2H3,(H3,26,27)(H,29,31)(H,30,32)/t15-,18-,21+/m0/s1. The Labute approximate surface area is 198 Å². The lowest BCUT2D eigenvalue weighted by Gasteiger charge is -2.17. The van der Waals surface area contributed by atoms with Crippen molar-refractivity contribution >= 4 is 23.6 Å². The van der Waals surface area contributed by atoms with Crippen molar-refractivity contribution in [2.24, 2.45) is 11.7 Å². The van der Waals surface area contributed by atoms with Crippen LogP contribution in [0.1, 0.15) is 40.4 Å². The van der Waals surface area contributed by atoms with Gasteiger partial charge in [0.2, 0.25) is 11.8 Å². The molecule has 1 heterocycles. The molecule has 180 valence electrons. The summed E-state index contributed by atoms with van der Waals surface area (Å²) in [6, 6.07) is 13.3. The lowest BCUT2D eigenvalue weighted by atomic mass is 9.95. The molecule has 9 heteroatoms. The molecule has 1 saturated heterocycles. The van der Waals surface area contributed by atoms with E-state index in [1.807, 2.05) is 18.2 Å². The van der Waals surface area contributed by atoms with Crippen molar-refractivity contribution in [2.75, 3.05) is 13.7 Å². The van der Waals surface area contributed by atoms with Crippen LogP contribution >= 0.6 is 0 Å². The number of methoxy groups -OCH3 is 1. The fourth-order valence-corrected chi connectivity index (χ4v) is 3.96. The summed E-state index contributed by atoms with van der Waals surface area (Å²) in [5.41, 5.74) is 8.46. The number of nitrogens with one attached hydrogen (secondary N) is 4. The molecule has 34 heavy (non-hydrogen) atoms. The maximum atomic E-state index is 12.7. The minimum atomic E-state index is -0.679. The molecule has 9 nitrogen and oxygen atoms in total. The van der Waals surface area contributed by atoms with Gasteiger partial charge in [-0.3, -0.25) is 15.0 Å². The van der Waals surface area contributed by atoms with E-state index in [9.17, 15) is 14.4 Å². The van der Waals surface area contributed by atoms with Crippen molar-refractivity contribution in [1.29, 1.82) is 5.41 Å². The third-order valence-electron chi connectivity index (χ3n) is 5.89. The van der Waals surface area contributed by atoms with Gasteiger partial charge in [0.15, 0.2) is 0 Å². The molecule has 0 unspecified atom stereocenters. The fraction of sp³-hybridized carbons (Fsp3) is 0.360. The smallest absolute Gasteiger partial charge is 0.337 e. The maximum absolute atomic E-state index is 12.7. The summed E-state index contributed by atoms with van der Waals surface area (Å²) < 4.78 is 4.77. The Bertz CT molecular complexity index is 1050. The second-order valence-corrected chi connectivity index (χ2v) is 8.52. The van der Waals surface area contributed by atoms with Gasteiger partial charge < -0.3 is 26.4 Å². The van der Waals surface area contributed by atoms with Crippen LogP contribution in [-0.2, 0) is 27.3 Å². The molecule has 6 N–H and O–H groups in total. The number of ether oxygens (including phenoxy) is 1. The number of rotatable bonds is 9. The van der Waals surface area contributed by atoms with E-state index in [1.54, 1.807) is 37.3 Å². The summed E-state index contributed by atoms with van der Waals surface area (Å²) in [6.45, 7) is 2.64. The second-order valence-electron chi connectivity index (χ2n) is 8.52. The molecule has 1 aliphatic rings. The van der Waals surface area contributed by atoms with Crippen molar-refractivity contribution in [1.82, 2.24) is 16.0 Å². The first kappa shape index (κ1) is 24.9. The molecule has 2 aromatic rings. The highest BCUT2D eigenvalue weighted by molar-refractivity contribution is 5.95. The molecule has 2 aromatic carbocycles. The highest BCUT2D eigenvalue weighted by Crippen LogP contribution is 2.20. The zero-order valence-corrected chi connectivity index (χ0v) is 19.4. The largest absolute Gasteiger partial charge is 0.465 e. The monoisotopic (exact) mass is 465 g/mol. The average Bonchev–Trinajstić information content (AvgIpc) is 3.31. The fourth-order valence-electron chi connectivity index (χ4n) is 3.96. The van der Waals surface area contributed by atoms with Gasteiger partial charge in [0, 0.05) is 12.1 Å². The number of carbonyl (C=O) groups excluding carboxylic acids is 3. The van der Waals surface area contributed by atoms with Crippen molar-refractivity contribution < 1.29 is 19.1 Å². The van der Waals surface area contributed by atoms with Gasteiger partial charge >= 0.3 is 5.97 Å². The number of nitrogen functional groups attached to an aromatic ring is 1. The van der Waals surface area contributed by atoms with Crippen LogP contribution in [0, 0.1) is 11.3 Å². The molecular weight excluding hydrogens is 434 g/mol. The van der Waals surface area contributed by atoms with E-state index in [0.717, 1.165) is 17.5 Å². The van der Waals surface area contributed by atoms with Crippen LogP contribution in [0.5, 0.6) is 0 Å². The van der Waals surface area contributed by atoms with E-state index < -0.39 is 6.04 Å². The third kappa shape index (κ3) is 6.64.